The van der Waals surface area contributed by atoms with Crippen molar-refractivity contribution in [3.05, 3.63) is 11.8 Å². The van der Waals surface area contributed by atoms with E-state index in [-0.39, 0.29) is 5.89 Å². The molecular formula is C5H9N3O2. The van der Waals surface area contributed by atoms with E-state index in [1.54, 1.807) is 0 Å². The predicted molar refractivity (Wildman–Crippen MR) is 32.8 cm³/mol. The van der Waals surface area contributed by atoms with Crippen molar-refractivity contribution in [2.45, 2.75) is 19.6 Å². The zero-order valence-electron chi connectivity index (χ0n) is 5.61. The first kappa shape index (κ1) is 7.17. The molecule has 1 aromatic heterocycles. The van der Waals surface area contributed by atoms with Crippen LogP contribution in [0.15, 0.2) is 4.42 Å². The van der Waals surface area contributed by atoms with Crippen molar-refractivity contribution in [2.75, 3.05) is 0 Å². The van der Waals surface area contributed by atoms with Crippen LogP contribution in [0, 0.1) is 0 Å². The Hall–Kier alpha value is -0.940. The van der Waals surface area contributed by atoms with Crippen molar-refractivity contribution in [1.82, 2.24) is 10.2 Å². The normalized spacial score (nSPS) is 13.5. The Morgan fingerprint density at radius 3 is 2.70 bits per heavy atom. The Labute approximate surface area is 57.9 Å². The number of aryl methyl sites for hydroxylation is 1. The van der Waals surface area contributed by atoms with E-state index in [1.807, 2.05) is 6.92 Å². The predicted octanol–water partition coefficient (Wildman–Crippen LogP) is -0.418. The van der Waals surface area contributed by atoms with Crippen molar-refractivity contribution in [3.8, 4) is 0 Å². The van der Waals surface area contributed by atoms with Crippen LogP contribution in [-0.2, 0) is 6.42 Å². The summed E-state index contributed by atoms with van der Waals surface area (Å²) in [6, 6.07) is 0. The van der Waals surface area contributed by atoms with E-state index < -0.39 is 6.23 Å². The summed E-state index contributed by atoms with van der Waals surface area (Å²) < 4.78 is 4.90. The lowest BCUT2D eigenvalue weighted by Gasteiger charge is -1.92. The molecule has 0 radical (unpaired) electrons. The molecule has 56 valence electrons. The van der Waals surface area contributed by atoms with Gasteiger partial charge in [-0.1, -0.05) is 6.92 Å². The summed E-state index contributed by atoms with van der Waals surface area (Å²) in [5, 5.41) is 15.8. The van der Waals surface area contributed by atoms with Gasteiger partial charge in [0, 0.05) is 6.42 Å². The Balaban J connectivity index is 2.78. The maximum Gasteiger partial charge on any atom is 0.259 e. The highest BCUT2D eigenvalue weighted by molar-refractivity contribution is 4.82. The SMILES string of the molecule is CCc1nnc(C(N)O)o1. The first-order chi connectivity index (χ1) is 4.74. The van der Waals surface area contributed by atoms with Crippen molar-refractivity contribution in [2.24, 2.45) is 5.73 Å². The average molecular weight is 143 g/mol. The van der Waals surface area contributed by atoms with Gasteiger partial charge >= 0.3 is 0 Å². The number of hydrogen-bond donors (Lipinski definition) is 2. The molecule has 0 saturated carbocycles. The first-order valence-corrected chi connectivity index (χ1v) is 3.00. The minimum absolute atomic E-state index is 0.0665. The molecule has 1 atom stereocenters. The quantitative estimate of drug-likeness (QED) is 0.549. The van der Waals surface area contributed by atoms with Gasteiger partial charge in [-0.2, -0.15) is 0 Å². The Morgan fingerprint density at radius 1 is 1.70 bits per heavy atom. The summed E-state index contributed by atoms with van der Waals surface area (Å²) in [5.74, 6) is 0.552. The number of aliphatic hydroxyl groups excluding tert-OH is 1. The summed E-state index contributed by atoms with van der Waals surface area (Å²) in [6.07, 6.45) is -0.507. The summed E-state index contributed by atoms with van der Waals surface area (Å²) >= 11 is 0. The molecule has 0 bridgehead atoms. The molecule has 0 saturated heterocycles. The first-order valence-electron chi connectivity index (χ1n) is 3.00. The molecule has 0 amide bonds. The summed E-state index contributed by atoms with van der Waals surface area (Å²) in [4.78, 5) is 0. The second-order valence-electron chi connectivity index (χ2n) is 1.83. The van der Waals surface area contributed by atoms with Gasteiger partial charge in [0.05, 0.1) is 0 Å². The molecule has 0 fully saturated rings. The fourth-order valence-corrected chi connectivity index (χ4v) is 0.529. The van der Waals surface area contributed by atoms with Crippen molar-refractivity contribution < 1.29 is 9.52 Å². The molecular weight excluding hydrogens is 134 g/mol. The van der Waals surface area contributed by atoms with E-state index in [4.69, 9.17) is 15.3 Å². The highest BCUT2D eigenvalue weighted by Crippen LogP contribution is 2.04. The third-order valence-corrected chi connectivity index (χ3v) is 1.04. The molecule has 3 N–H and O–H groups in total. The van der Waals surface area contributed by atoms with Crippen molar-refractivity contribution in [1.29, 1.82) is 0 Å². The van der Waals surface area contributed by atoms with E-state index >= 15 is 0 Å². The van der Waals surface area contributed by atoms with E-state index in [0.717, 1.165) is 0 Å². The maximum atomic E-state index is 8.71. The molecule has 1 rings (SSSR count). The average Bonchev–Trinajstić information content (AvgIpc) is 2.34. The molecule has 1 heterocycles. The molecule has 5 nitrogen and oxygen atoms in total. The topological polar surface area (TPSA) is 85.2 Å². The lowest BCUT2D eigenvalue weighted by atomic mass is 10.5. The molecule has 1 unspecified atom stereocenters. The van der Waals surface area contributed by atoms with Gasteiger partial charge < -0.3 is 9.52 Å². The van der Waals surface area contributed by atoms with Gasteiger partial charge in [0.1, 0.15) is 0 Å². The highest BCUT2D eigenvalue weighted by Gasteiger charge is 2.08. The minimum Gasteiger partial charge on any atom is -0.421 e. The summed E-state index contributed by atoms with van der Waals surface area (Å²) in [6.45, 7) is 1.88. The smallest absolute Gasteiger partial charge is 0.259 e. The molecule has 1 aromatic rings. The Kier molecular flexibility index (Phi) is 1.98. The van der Waals surface area contributed by atoms with E-state index in [9.17, 15) is 0 Å². The number of nitrogens with two attached hydrogens (primary N) is 1. The standard InChI is InChI=1S/C5H9N3O2/c1-2-3-7-8-5(10-3)4(6)9/h4,9H,2,6H2,1H3. The zero-order valence-corrected chi connectivity index (χ0v) is 5.61. The number of nitrogens with zero attached hydrogens (tertiary/aromatic N) is 2. The van der Waals surface area contributed by atoms with Crippen LogP contribution >= 0.6 is 0 Å². The molecule has 0 aliphatic carbocycles. The van der Waals surface area contributed by atoms with Gasteiger partial charge in [-0.15, -0.1) is 10.2 Å². The van der Waals surface area contributed by atoms with Crippen LogP contribution in [0.2, 0.25) is 0 Å². The van der Waals surface area contributed by atoms with Crippen LogP contribution in [0.25, 0.3) is 0 Å². The van der Waals surface area contributed by atoms with Crippen LogP contribution < -0.4 is 5.73 Å². The van der Waals surface area contributed by atoms with Gasteiger partial charge in [-0.3, -0.25) is 5.73 Å². The minimum atomic E-state index is -1.16. The maximum absolute atomic E-state index is 8.71. The highest BCUT2D eigenvalue weighted by atomic mass is 16.4. The van der Waals surface area contributed by atoms with Crippen LogP contribution in [0.5, 0.6) is 0 Å². The fraction of sp³-hybridized carbons (Fsp3) is 0.600. The number of aliphatic hydroxyl groups is 1. The van der Waals surface area contributed by atoms with Crippen LogP contribution in [0.1, 0.15) is 24.9 Å². The van der Waals surface area contributed by atoms with Gasteiger partial charge in [0.25, 0.3) is 5.89 Å². The largest absolute Gasteiger partial charge is 0.421 e. The fourth-order valence-electron chi connectivity index (χ4n) is 0.529. The second kappa shape index (κ2) is 2.76. The number of rotatable bonds is 2. The zero-order chi connectivity index (χ0) is 7.56. The molecule has 10 heavy (non-hydrogen) atoms. The monoisotopic (exact) mass is 143 g/mol. The molecule has 0 aromatic carbocycles. The molecule has 5 heteroatoms. The lowest BCUT2D eigenvalue weighted by Crippen LogP contribution is -2.08. The lowest BCUT2D eigenvalue weighted by molar-refractivity contribution is 0.149. The van der Waals surface area contributed by atoms with Gasteiger partial charge in [0.15, 0.2) is 6.23 Å². The van der Waals surface area contributed by atoms with Gasteiger partial charge in [-0.05, 0) is 0 Å². The molecule has 0 spiro atoms. The third kappa shape index (κ3) is 1.31. The van der Waals surface area contributed by atoms with Crippen LogP contribution in [0.3, 0.4) is 0 Å². The third-order valence-electron chi connectivity index (χ3n) is 1.04. The Bertz CT molecular complexity index is 208. The van der Waals surface area contributed by atoms with Crippen molar-refractivity contribution >= 4 is 0 Å². The van der Waals surface area contributed by atoms with E-state index in [2.05, 4.69) is 10.2 Å². The van der Waals surface area contributed by atoms with Gasteiger partial charge in [-0.25, -0.2) is 0 Å². The number of hydrogen-bond acceptors (Lipinski definition) is 5. The second-order valence-corrected chi connectivity index (χ2v) is 1.83. The van der Waals surface area contributed by atoms with Crippen molar-refractivity contribution in [3.63, 3.8) is 0 Å². The summed E-state index contributed by atoms with van der Waals surface area (Å²) in [7, 11) is 0. The summed E-state index contributed by atoms with van der Waals surface area (Å²) in [5.41, 5.74) is 5.04. The number of aromatic nitrogens is 2. The van der Waals surface area contributed by atoms with Crippen LogP contribution in [0.4, 0.5) is 0 Å². The Morgan fingerprint density at radius 2 is 2.40 bits per heavy atom. The van der Waals surface area contributed by atoms with Gasteiger partial charge in [0.2, 0.25) is 5.89 Å². The molecule has 0 aliphatic rings. The van der Waals surface area contributed by atoms with E-state index in [1.165, 1.54) is 0 Å². The van der Waals surface area contributed by atoms with Crippen LogP contribution in [-0.4, -0.2) is 15.3 Å². The van der Waals surface area contributed by atoms with E-state index in [0.29, 0.717) is 12.3 Å². The molecule has 0 aliphatic heterocycles.